The van der Waals surface area contributed by atoms with E-state index >= 15 is 0 Å². The predicted molar refractivity (Wildman–Crippen MR) is 66.6 cm³/mol. The first kappa shape index (κ1) is 12.5. The molecule has 1 aromatic carbocycles. The van der Waals surface area contributed by atoms with Crippen molar-refractivity contribution in [3.8, 4) is 0 Å². The molecule has 1 aliphatic heterocycles. The predicted octanol–water partition coefficient (Wildman–Crippen LogP) is 0.995. The number of nitrogens with zero attached hydrogens (tertiary/aromatic N) is 1. The molecule has 18 heavy (non-hydrogen) atoms. The number of aryl methyl sites for hydroxylation is 1. The van der Waals surface area contributed by atoms with Crippen LogP contribution in [0.15, 0.2) is 18.2 Å². The van der Waals surface area contributed by atoms with Gasteiger partial charge in [-0.25, -0.2) is 0 Å². The maximum atomic E-state index is 12.0. The molecule has 1 atom stereocenters. The molecule has 2 rings (SSSR count). The number of hydrogen-bond donors (Lipinski definition) is 2. The third-order valence-electron chi connectivity index (χ3n) is 2.93. The first-order valence-electron chi connectivity index (χ1n) is 5.84. The molecule has 0 saturated carbocycles. The van der Waals surface area contributed by atoms with E-state index in [-0.39, 0.29) is 17.6 Å². The fraction of sp³-hybridized carbons (Fsp3) is 0.417. The molecule has 6 nitrogen and oxygen atoms in total. The molecular formula is C12H15N3O3. The Morgan fingerprint density at radius 1 is 1.50 bits per heavy atom. The van der Waals surface area contributed by atoms with Crippen molar-refractivity contribution in [1.29, 1.82) is 0 Å². The van der Waals surface area contributed by atoms with E-state index in [2.05, 4.69) is 10.6 Å². The molecule has 0 aliphatic carbocycles. The van der Waals surface area contributed by atoms with Crippen molar-refractivity contribution in [2.45, 2.75) is 19.4 Å². The summed E-state index contributed by atoms with van der Waals surface area (Å²) in [5, 5.41) is 16.7. The zero-order valence-corrected chi connectivity index (χ0v) is 10.1. The highest BCUT2D eigenvalue weighted by molar-refractivity contribution is 5.95. The Morgan fingerprint density at radius 3 is 2.89 bits per heavy atom. The monoisotopic (exact) mass is 249 g/mol. The topological polar surface area (TPSA) is 84.3 Å². The number of rotatable bonds is 3. The summed E-state index contributed by atoms with van der Waals surface area (Å²) in [6, 6.07) is 4.53. The van der Waals surface area contributed by atoms with Crippen molar-refractivity contribution in [3.63, 3.8) is 0 Å². The largest absolute Gasteiger partial charge is 0.348 e. The standard InChI is InChI=1S/C12H15N3O3/c1-8-4-9(6-11(5-8)15(17)18)12(16)14-10-2-3-13-7-10/h4-6,10,13H,2-3,7H2,1H3,(H,14,16)/t10-/m0/s1. The zero-order chi connectivity index (χ0) is 13.1. The number of hydrogen-bond acceptors (Lipinski definition) is 4. The minimum absolute atomic E-state index is 0.0512. The number of carbonyl (C=O) groups is 1. The van der Waals surface area contributed by atoms with Crippen LogP contribution in [0.3, 0.4) is 0 Å². The van der Waals surface area contributed by atoms with E-state index in [4.69, 9.17) is 0 Å². The number of nitrogens with one attached hydrogen (secondary N) is 2. The summed E-state index contributed by atoms with van der Waals surface area (Å²) in [5.41, 5.74) is 0.997. The third kappa shape index (κ3) is 2.84. The second kappa shape index (κ2) is 5.14. The Labute approximate surface area is 105 Å². The summed E-state index contributed by atoms with van der Waals surface area (Å²) < 4.78 is 0. The summed E-state index contributed by atoms with van der Waals surface area (Å²) in [6.07, 6.45) is 0.889. The lowest BCUT2D eigenvalue weighted by Crippen LogP contribution is -2.36. The van der Waals surface area contributed by atoms with Gasteiger partial charge in [-0.2, -0.15) is 0 Å². The van der Waals surface area contributed by atoms with Crippen LogP contribution in [0.5, 0.6) is 0 Å². The molecule has 1 aliphatic rings. The second-order valence-electron chi connectivity index (χ2n) is 4.48. The van der Waals surface area contributed by atoms with Crippen LogP contribution in [-0.4, -0.2) is 30.0 Å². The van der Waals surface area contributed by atoms with Crippen LogP contribution in [-0.2, 0) is 0 Å². The fourth-order valence-corrected chi connectivity index (χ4v) is 2.05. The number of nitro groups is 1. The number of amides is 1. The molecule has 96 valence electrons. The molecule has 0 bridgehead atoms. The minimum Gasteiger partial charge on any atom is -0.348 e. The minimum atomic E-state index is -0.485. The first-order valence-corrected chi connectivity index (χ1v) is 5.84. The van der Waals surface area contributed by atoms with Crippen LogP contribution in [0.1, 0.15) is 22.3 Å². The normalized spacial score (nSPS) is 18.6. The van der Waals surface area contributed by atoms with Crippen LogP contribution in [0.25, 0.3) is 0 Å². The van der Waals surface area contributed by atoms with Gasteiger partial charge < -0.3 is 10.6 Å². The van der Waals surface area contributed by atoms with E-state index < -0.39 is 4.92 Å². The smallest absolute Gasteiger partial charge is 0.270 e. The summed E-state index contributed by atoms with van der Waals surface area (Å²) in [6.45, 7) is 3.37. The van der Waals surface area contributed by atoms with Gasteiger partial charge in [-0.05, 0) is 31.5 Å². The van der Waals surface area contributed by atoms with Gasteiger partial charge in [-0.15, -0.1) is 0 Å². The van der Waals surface area contributed by atoms with Gasteiger partial charge in [0.15, 0.2) is 0 Å². The van der Waals surface area contributed by atoms with Crippen molar-refractivity contribution in [1.82, 2.24) is 10.6 Å². The lowest BCUT2D eigenvalue weighted by atomic mass is 10.1. The molecule has 2 N–H and O–H groups in total. The maximum Gasteiger partial charge on any atom is 0.270 e. The SMILES string of the molecule is Cc1cc(C(=O)N[C@H]2CCNC2)cc([N+](=O)[O-])c1. The molecule has 6 heteroatoms. The van der Waals surface area contributed by atoms with E-state index in [0.717, 1.165) is 19.5 Å². The van der Waals surface area contributed by atoms with Crippen LogP contribution in [0, 0.1) is 17.0 Å². The molecule has 0 spiro atoms. The molecule has 1 aromatic rings. The first-order chi connectivity index (χ1) is 8.56. The highest BCUT2D eigenvalue weighted by Crippen LogP contribution is 2.17. The molecular weight excluding hydrogens is 234 g/mol. The van der Waals surface area contributed by atoms with Gasteiger partial charge in [0, 0.05) is 30.3 Å². The Hall–Kier alpha value is -1.95. The van der Waals surface area contributed by atoms with Gasteiger partial charge in [0.2, 0.25) is 0 Å². The second-order valence-corrected chi connectivity index (χ2v) is 4.48. The zero-order valence-electron chi connectivity index (χ0n) is 10.1. The van der Waals surface area contributed by atoms with Gasteiger partial charge in [0.25, 0.3) is 11.6 Å². The van der Waals surface area contributed by atoms with Crippen molar-refractivity contribution < 1.29 is 9.72 Å². The quantitative estimate of drug-likeness (QED) is 0.618. The van der Waals surface area contributed by atoms with E-state index in [1.807, 2.05) is 0 Å². The Kier molecular flexibility index (Phi) is 3.57. The Morgan fingerprint density at radius 2 is 2.28 bits per heavy atom. The molecule has 1 heterocycles. The number of benzene rings is 1. The van der Waals surface area contributed by atoms with Crippen molar-refractivity contribution in [2.24, 2.45) is 0 Å². The molecule has 0 unspecified atom stereocenters. The maximum absolute atomic E-state index is 12.0. The summed E-state index contributed by atoms with van der Waals surface area (Å²) in [4.78, 5) is 22.2. The lowest BCUT2D eigenvalue weighted by Gasteiger charge is -2.11. The van der Waals surface area contributed by atoms with Crippen LogP contribution < -0.4 is 10.6 Å². The number of nitro benzene ring substituents is 1. The molecule has 1 fully saturated rings. The van der Waals surface area contributed by atoms with E-state index in [1.54, 1.807) is 13.0 Å². The number of carbonyl (C=O) groups excluding carboxylic acids is 1. The average Bonchev–Trinajstić information content (AvgIpc) is 2.80. The van der Waals surface area contributed by atoms with Gasteiger partial charge in [-0.3, -0.25) is 14.9 Å². The van der Waals surface area contributed by atoms with Crippen LogP contribution >= 0.6 is 0 Å². The van der Waals surface area contributed by atoms with Crippen LogP contribution in [0.4, 0.5) is 5.69 Å². The van der Waals surface area contributed by atoms with Gasteiger partial charge in [0.1, 0.15) is 0 Å². The number of non-ortho nitro benzene ring substituents is 1. The van der Waals surface area contributed by atoms with E-state index in [0.29, 0.717) is 11.1 Å². The Balaban J connectivity index is 2.16. The summed E-state index contributed by atoms with van der Waals surface area (Å²) >= 11 is 0. The van der Waals surface area contributed by atoms with E-state index in [9.17, 15) is 14.9 Å². The average molecular weight is 249 g/mol. The van der Waals surface area contributed by atoms with Crippen molar-refractivity contribution in [3.05, 3.63) is 39.4 Å². The summed E-state index contributed by atoms with van der Waals surface area (Å²) in [7, 11) is 0. The third-order valence-corrected chi connectivity index (χ3v) is 2.93. The lowest BCUT2D eigenvalue weighted by molar-refractivity contribution is -0.384. The molecule has 1 saturated heterocycles. The highest BCUT2D eigenvalue weighted by atomic mass is 16.6. The fourth-order valence-electron chi connectivity index (χ4n) is 2.05. The van der Waals surface area contributed by atoms with Gasteiger partial charge in [0.05, 0.1) is 4.92 Å². The summed E-state index contributed by atoms with van der Waals surface area (Å²) in [5.74, 6) is -0.254. The molecule has 0 radical (unpaired) electrons. The van der Waals surface area contributed by atoms with Crippen molar-refractivity contribution >= 4 is 11.6 Å². The van der Waals surface area contributed by atoms with Crippen molar-refractivity contribution in [2.75, 3.05) is 13.1 Å². The Bertz CT molecular complexity index is 481. The van der Waals surface area contributed by atoms with Gasteiger partial charge >= 0.3 is 0 Å². The highest BCUT2D eigenvalue weighted by Gasteiger charge is 2.19. The van der Waals surface area contributed by atoms with E-state index in [1.165, 1.54) is 12.1 Å². The van der Waals surface area contributed by atoms with Crippen LogP contribution in [0.2, 0.25) is 0 Å². The molecule has 1 amide bonds. The molecule has 0 aromatic heterocycles. The van der Waals surface area contributed by atoms with Gasteiger partial charge in [-0.1, -0.05) is 0 Å².